The monoisotopic (exact) mass is 379 g/mol. The van der Waals surface area contributed by atoms with Crippen molar-refractivity contribution in [2.75, 3.05) is 25.1 Å². The number of hydrogen-bond donors (Lipinski definition) is 2. The predicted octanol–water partition coefficient (Wildman–Crippen LogP) is 4.50. The maximum absolute atomic E-state index is 12.8. The van der Waals surface area contributed by atoms with Gasteiger partial charge in [-0.25, -0.2) is 4.98 Å². The molecule has 6 nitrogen and oxygen atoms in total. The number of rotatable bonds is 8. The lowest BCUT2D eigenvalue weighted by molar-refractivity contribution is 0.0998. The zero-order chi connectivity index (χ0) is 19.3. The average Bonchev–Trinajstić information content (AvgIpc) is 3.06. The molecule has 2 N–H and O–H groups in total. The van der Waals surface area contributed by atoms with Gasteiger partial charge >= 0.3 is 0 Å². The molecule has 0 saturated heterocycles. The van der Waals surface area contributed by atoms with Crippen molar-refractivity contribution in [1.82, 2.24) is 9.97 Å². The molecule has 1 aliphatic carbocycles. The zero-order valence-electron chi connectivity index (χ0n) is 16.0. The van der Waals surface area contributed by atoms with E-state index >= 15 is 0 Å². The smallest absolute Gasteiger partial charge is 0.259 e. The summed E-state index contributed by atoms with van der Waals surface area (Å²) < 4.78 is 11.0. The third kappa shape index (κ3) is 4.02. The number of ether oxygens (including phenoxy) is 2. The number of amides is 1. The molecule has 28 heavy (non-hydrogen) atoms. The van der Waals surface area contributed by atoms with Gasteiger partial charge in [-0.15, -0.1) is 0 Å². The molecule has 1 heterocycles. The van der Waals surface area contributed by atoms with Crippen LogP contribution in [0.25, 0.3) is 11.0 Å². The van der Waals surface area contributed by atoms with E-state index in [0.717, 1.165) is 22.5 Å². The number of hydrogen-bond acceptors (Lipinski definition) is 4. The first-order valence-corrected chi connectivity index (χ1v) is 9.85. The molecule has 3 aromatic rings. The number of para-hydroxylation sites is 1. The minimum absolute atomic E-state index is 0.204. The zero-order valence-corrected chi connectivity index (χ0v) is 16.0. The van der Waals surface area contributed by atoms with E-state index < -0.39 is 0 Å². The third-order valence-electron chi connectivity index (χ3n) is 5.07. The molecule has 0 bridgehead atoms. The van der Waals surface area contributed by atoms with E-state index in [-0.39, 0.29) is 5.91 Å². The van der Waals surface area contributed by atoms with E-state index in [1.54, 1.807) is 12.1 Å². The molecule has 1 aromatic heterocycles. The standard InChI is InChI=1S/C22H25N3O3/c1-2-27-12-13-28-20-9-4-3-8-17(20)22(26)23-16-10-11-18-19(14-16)25-21(24-18)15-6-5-7-15/h3-4,8-11,14-15H,2,5-7,12-13H2,1H3,(H,23,26)(H,24,25). The van der Waals surface area contributed by atoms with Gasteiger partial charge < -0.3 is 19.8 Å². The first-order valence-electron chi connectivity index (χ1n) is 9.85. The van der Waals surface area contributed by atoms with Gasteiger partial charge in [0.1, 0.15) is 18.2 Å². The van der Waals surface area contributed by atoms with Gasteiger partial charge in [0.2, 0.25) is 0 Å². The van der Waals surface area contributed by atoms with Crippen LogP contribution in [0.1, 0.15) is 48.3 Å². The van der Waals surface area contributed by atoms with E-state index in [4.69, 9.17) is 9.47 Å². The lowest BCUT2D eigenvalue weighted by atomic mass is 9.85. The maximum Gasteiger partial charge on any atom is 0.259 e. The van der Waals surface area contributed by atoms with Crippen LogP contribution in [-0.4, -0.2) is 35.7 Å². The Morgan fingerprint density at radius 3 is 2.86 bits per heavy atom. The Morgan fingerprint density at radius 1 is 1.21 bits per heavy atom. The molecular weight excluding hydrogens is 354 g/mol. The van der Waals surface area contributed by atoms with Crippen molar-refractivity contribution in [3.8, 4) is 5.75 Å². The number of anilines is 1. The van der Waals surface area contributed by atoms with Crippen LogP contribution in [0.3, 0.4) is 0 Å². The molecule has 4 rings (SSSR count). The molecule has 6 heteroatoms. The molecule has 146 valence electrons. The van der Waals surface area contributed by atoms with Crippen molar-refractivity contribution in [2.45, 2.75) is 32.1 Å². The molecule has 0 spiro atoms. The normalized spacial score (nSPS) is 14.0. The van der Waals surface area contributed by atoms with Crippen LogP contribution < -0.4 is 10.1 Å². The molecule has 1 fully saturated rings. The van der Waals surface area contributed by atoms with Crippen LogP contribution in [0.15, 0.2) is 42.5 Å². The van der Waals surface area contributed by atoms with Crippen LogP contribution in [-0.2, 0) is 4.74 Å². The summed E-state index contributed by atoms with van der Waals surface area (Å²) in [6, 6.07) is 13.0. The first-order chi connectivity index (χ1) is 13.7. The lowest BCUT2D eigenvalue weighted by Crippen LogP contribution is -2.15. The van der Waals surface area contributed by atoms with Crippen molar-refractivity contribution in [2.24, 2.45) is 0 Å². The Balaban J connectivity index is 1.47. The third-order valence-corrected chi connectivity index (χ3v) is 5.07. The largest absolute Gasteiger partial charge is 0.490 e. The van der Waals surface area contributed by atoms with Crippen molar-refractivity contribution < 1.29 is 14.3 Å². The van der Waals surface area contributed by atoms with Crippen LogP contribution >= 0.6 is 0 Å². The van der Waals surface area contributed by atoms with Gasteiger partial charge in [0.15, 0.2) is 0 Å². The highest BCUT2D eigenvalue weighted by atomic mass is 16.5. The Morgan fingerprint density at radius 2 is 2.07 bits per heavy atom. The van der Waals surface area contributed by atoms with Crippen LogP contribution in [0, 0.1) is 0 Å². The highest BCUT2D eigenvalue weighted by Gasteiger charge is 2.22. The molecule has 2 aromatic carbocycles. The van der Waals surface area contributed by atoms with Crippen molar-refractivity contribution in [1.29, 1.82) is 0 Å². The number of aromatic amines is 1. The molecular formula is C22H25N3O3. The van der Waals surface area contributed by atoms with Crippen LogP contribution in [0.2, 0.25) is 0 Å². The van der Waals surface area contributed by atoms with Gasteiger partial charge in [-0.05, 0) is 50.1 Å². The predicted molar refractivity (Wildman–Crippen MR) is 109 cm³/mol. The number of benzene rings is 2. The lowest BCUT2D eigenvalue weighted by Gasteiger charge is -2.22. The van der Waals surface area contributed by atoms with Gasteiger partial charge in [0, 0.05) is 18.2 Å². The fourth-order valence-corrected chi connectivity index (χ4v) is 3.32. The fraction of sp³-hybridized carbons (Fsp3) is 0.364. The van der Waals surface area contributed by atoms with Crippen LogP contribution in [0.5, 0.6) is 5.75 Å². The molecule has 0 radical (unpaired) electrons. The summed E-state index contributed by atoms with van der Waals surface area (Å²) in [6.45, 7) is 3.48. The second-order valence-corrected chi connectivity index (χ2v) is 6.98. The molecule has 1 saturated carbocycles. The van der Waals surface area contributed by atoms with Crippen molar-refractivity contribution in [3.63, 3.8) is 0 Å². The SMILES string of the molecule is CCOCCOc1ccccc1C(=O)Nc1ccc2nc(C3CCC3)[nH]c2c1. The number of nitrogens with zero attached hydrogens (tertiary/aromatic N) is 1. The second kappa shape index (κ2) is 8.44. The number of aromatic nitrogens is 2. The summed E-state index contributed by atoms with van der Waals surface area (Å²) in [5.41, 5.74) is 3.10. The maximum atomic E-state index is 12.8. The Bertz CT molecular complexity index is 963. The summed E-state index contributed by atoms with van der Waals surface area (Å²) in [7, 11) is 0. The van der Waals surface area contributed by atoms with E-state index in [9.17, 15) is 4.79 Å². The highest BCUT2D eigenvalue weighted by Crippen LogP contribution is 2.35. The molecule has 1 aliphatic rings. The van der Waals surface area contributed by atoms with Gasteiger partial charge in [-0.3, -0.25) is 4.79 Å². The van der Waals surface area contributed by atoms with E-state index in [1.165, 1.54) is 19.3 Å². The molecule has 0 unspecified atom stereocenters. The number of H-pyrrole nitrogens is 1. The highest BCUT2D eigenvalue weighted by molar-refractivity contribution is 6.06. The fourth-order valence-electron chi connectivity index (χ4n) is 3.32. The summed E-state index contributed by atoms with van der Waals surface area (Å²) in [4.78, 5) is 20.9. The average molecular weight is 379 g/mol. The first kappa shape index (κ1) is 18.5. The van der Waals surface area contributed by atoms with Crippen molar-refractivity contribution >= 4 is 22.6 Å². The second-order valence-electron chi connectivity index (χ2n) is 6.98. The number of carbonyl (C=O) groups is 1. The molecule has 1 amide bonds. The quantitative estimate of drug-likeness (QED) is 0.565. The topological polar surface area (TPSA) is 76.2 Å². The number of nitrogens with one attached hydrogen (secondary N) is 2. The number of fused-ring (bicyclic) bond motifs is 1. The summed E-state index contributed by atoms with van der Waals surface area (Å²) >= 11 is 0. The van der Waals surface area contributed by atoms with E-state index in [2.05, 4.69) is 15.3 Å². The van der Waals surface area contributed by atoms with Crippen LogP contribution in [0.4, 0.5) is 5.69 Å². The Hall–Kier alpha value is -2.86. The van der Waals surface area contributed by atoms with Gasteiger partial charge in [0.05, 0.1) is 23.2 Å². The molecule has 0 atom stereocenters. The Labute approximate surface area is 164 Å². The van der Waals surface area contributed by atoms with Gasteiger partial charge in [-0.2, -0.15) is 0 Å². The Kier molecular flexibility index (Phi) is 5.58. The minimum atomic E-state index is -0.204. The number of imidazole rings is 1. The summed E-state index contributed by atoms with van der Waals surface area (Å²) in [6.07, 6.45) is 3.67. The summed E-state index contributed by atoms with van der Waals surface area (Å²) in [5.74, 6) is 1.95. The number of carbonyl (C=O) groups excluding carboxylic acids is 1. The summed E-state index contributed by atoms with van der Waals surface area (Å²) in [5, 5.41) is 2.96. The van der Waals surface area contributed by atoms with E-state index in [1.807, 2.05) is 37.3 Å². The van der Waals surface area contributed by atoms with E-state index in [0.29, 0.717) is 37.1 Å². The van der Waals surface area contributed by atoms with Gasteiger partial charge in [-0.1, -0.05) is 18.6 Å². The van der Waals surface area contributed by atoms with Crippen molar-refractivity contribution in [3.05, 3.63) is 53.9 Å². The molecule has 0 aliphatic heterocycles. The minimum Gasteiger partial charge on any atom is -0.490 e. The van der Waals surface area contributed by atoms with Gasteiger partial charge in [0.25, 0.3) is 5.91 Å².